The number of likely N-dealkylation sites (tertiary alicyclic amines) is 1. The number of piperidine rings is 1. The van der Waals surface area contributed by atoms with E-state index in [9.17, 15) is 4.39 Å². The smallest absolute Gasteiger partial charge is 0.170 e. The van der Waals surface area contributed by atoms with E-state index in [0.29, 0.717) is 16.4 Å². The lowest BCUT2D eigenvalue weighted by atomic mass is 10.0. The first-order valence-electron chi connectivity index (χ1n) is 8.22. The van der Waals surface area contributed by atoms with E-state index in [2.05, 4.69) is 17.6 Å². The Bertz CT molecular complexity index is 507. The summed E-state index contributed by atoms with van der Waals surface area (Å²) in [6, 6.07) is 5.85. The van der Waals surface area contributed by atoms with Gasteiger partial charge in [0.15, 0.2) is 5.11 Å². The summed E-state index contributed by atoms with van der Waals surface area (Å²) in [7, 11) is 0. The Morgan fingerprint density at radius 3 is 2.95 bits per heavy atom. The van der Waals surface area contributed by atoms with Crippen LogP contribution in [0.5, 0.6) is 0 Å². The molecule has 1 heterocycles. The fraction of sp³-hybridized carbons (Fsp3) is 0.588. The van der Waals surface area contributed by atoms with Crippen molar-refractivity contribution in [2.75, 3.05) is 25.0 Å². The summed E-state index contributed by atoms with van der Waals surface area (Å²) in [5.41, 5.74) is 1.33. The molecular weight excluding hydrogens is 297 g/mol. The summed E-state index contributed by atoms with van der Waals surface area (Å²) in [5, 5.41) is 6.80. The Morgan fingerprint density at radius 2 is 2.23 bits per heavy atom. The minimum atomic E-state index is -0.213. The molecule has 0 amide bonds. The van der Waals surface area contributed by atoms with Crippen LogP contribution in [0, 0.1) is 12.7 Å². The molecule has 1 aromatic carbocycles. The lowest BCUT2D eigenvalue weighted by Crippen LogP contribution is -3.16. The van der Waals surface area contributed by atoms with Crippen molar-refractivity contribution in [1.82, 2.24) is 5.32 Å². The maximum atomic E-state index is 13.5. The molecule has 0 aromatic heterocycles. The summed E-state index contributed by atoms with van der Waals surface area (Å²) in [6.07, 6.45) is 5.18. The molecule has 0 spiro atoms. The van der Waals surface area contributed by atoms with Crippen molar-refractivity contribution in [1.29, 1.82) is 0 Å². The molecule has 22 heavy (non-hydrogen) atoms. The largest absolute Gasteiger partial charge is 0.362 e. The van der Waals surface area contributed by atoms with Crippen LogP contribution < -0.4 is 15.5 Å². The standard InChI is InChI=1S/C17H26FN3S/c1-13-7-8-15(12-16(13)18)20-17(22)19-9-5-11-21-10-4-3-6-14(21)2/h7-8,12,14H,3-6,9-11H2,1-2H3,(H2,19,20,22)/p+1/t14-/m1/s1. The van der Waals surface area contributed by atoms with Crippen LogP contribution >= 0.6 is 12.2 Å². The summed E-state index contributed by atoms with van der Waals surface area (Å²) in [5.74, 6) is -0.213. The van der Waals surface area contributed by atoms with E-state index in [1.807, 2.05) is 6.07 Å². The third-order valence-electron chi connectivity index (χ3n) is 4.47. The molecule has 0 saturated carbocycles. The normalized spacial score (nSPS) is 21.4. The number of aryl methyl sites for hydroxylation is 1. The highest BCUT2D eigenvalue weighted by atomic mass is 32.1. The van der Waals surface area contributed by atoms with Crippen LogP contribution in [0.2, 0.25) is 0 Å². The lowest BCUT2D eigenvalue weighted by molar-refractivity contribution is -0.928. The van der Waals surface area contributed by atoms with Gasteiger partial charge in [-0.1, -0.05) is 6.07 Å². The van der Waals surface area contributed by atoms with Crippen LogP contribution in [0.3, 0.4) is 0 Å². The van der Waals surface area contributed by atoms with Gasteiger partial charge in [0.25, 0.3) is 0 Å². The zero-order chi connectivity index (χ0) is 15.9. The van der Waals surface area contributed by atoms with Crippen LogP contribution in [0.25, 0.3) is 0 Å². The van der Waals surface area contributed by atoms with Crippen molar-refractivity contribution in [3.05, 3.63) is 29.6 Å². The van der Waals surface area contributed by atoms with Gasteiger partial charge in [-0.05, 0) is 63.0 Å². The number of benzene rings is 1. The van der Waals surface area contributed by atoms with Gasteiger partial charge in [-0.15, -0.1) is 0 Å². The fourth-order valence-electron chi connectivity index (χ4n) is 2.99. The Kier molecular flexibility index (Phi) is 6.58. The van der Waals surface area contributed by atoms with Gasteiger partial charge < -0.3 is 15.5 Å². The molecule has 122 valence electrons. The molecule has 3 N–H and O–H groups in total. The van der Waals surface area contributed by atoms with Crippen molar-refractivity contribution in [3.63, 3.8) is 0 Å². The lowest BCUT2D eigenvalue weighted by Gasteiger charge is -2.30. The summed E-state index contributed by atoms with van der Waals surface area (Å²) < 4.78 is 13.5. The van der Waals surface area contributed by atoms with Crippen molar-refractivity contribution >= 4 is 23.0 Å². The number of thiocarbonyl (C=S) groups is 1. The number of nitrogens with one attached hydrogen (secondary N) is 3. The molecule has 0 radical (unpaired) electrons. The van der Waals surface area contributed by atoms with Crippen LogP contribution in [0.1, 0.15) is 38.2 Å². The molecule has 2 atom stereocenters. The molecule has 3 nitrogen and oxygen atoms in total. The average Bonchev–Trinajstić information content (AvgIpc) is 2.49. The number of hydrogen-bond acceptors (Lipinski definition) is 1. The predicted octanol–water partition coefficient (Wildman–Crippen LogP) is 2.27. The molecule has 0 bridgehead atoms. The maximum Gasteiger partial charge on any atom is 0.170 e. The van der Waals surface area contributed by atoms with E-state index in [-0.39, 0.29) is 5.82 Å². The summed E-state index contributed by atoms with van der Waals surface area (Å²) >= 11 is 5.25. The number of rotatable bonds is 5. The first-order valence-corrected chi connectivity index (χ1v) is 8.62. The van der Waals surface area contributed by atoms with Crippen molar-refractivity contribution in [2.24, 2.45) is 0 Å². The van der Waals surface area contributed by atoms with Gasteiger partial charge in [0.05, 0.1) is 19.1 Å². The topological polar surface area (TPSA) is 28.5 Å². The first kappa shape index (κ1) is 17.2. The minimum Gasteiger partial charge on any atom is -0.362 e. The molecule has 2 rings (SSSR count). The monoisotopic (exact) mass is 324 g/mol. The van der Waals surface area contributed by atoms with E-state index in [1.165, 1.54) is 38.4 Å². The molecular formula is C17H27FN3S+. The van der Waals surface area contributed by atoms with Gasteiger partial charge in [0, 0.05) is 18.7 Å². The Labute approximate surface area is 138 Å². The Morgan fingerprint density at radius 1 is 1.41 bits per heavy atom. The van der Waals surface area contributed by atoms with E-state index in [1.54, 1.807) is 17.9 Å². The highest BCUT2D eigenvalue weighted by Gasteiger charge is 2.20. The summed E-state index contributed by atoms with van der Waals surface area (Å²) in [6.45, 7) is 7.44. The highest BCUT2D eigenvalue weighted by Crippen LogP contribution is 2.13. The van der Waals surface area contributed by atoms with Gasteiger partial charge in [0.1, 0.15) is 5.82 Å². The van der Waals surface area contributed by atoms with Crippen molar-refractivity contribution < 1.29 is 9.29 Å². The molecule has 5 heteroatoms. The fourth-order valence-corrected chi connectivity index (χ4v) is 3.21. The third kappa shape index (κ3) is 5.21. The molecule has 1 unspecified atom stereocenters. The number of anilines is 1. The molecule has 1 fully saturated rings. The second kappa shape index (κ2) is 8.44. The van der Waals surface area contributed by atoms with Crippen molar-refractivity contribution in [2.45, 2.75) is 45.6 Å². The quantitative estimate of drug-likeness (QED) is 0.573. The third-order valence-corrected chi connectivity index (χ3v) is 4.72. The van der Waals surface area contributed by atoms with Crippen LogP contribution in [0.4, 0.5) is 10.1 Å². The summed E-state index contributed by atoms with van der Waals surface area (Å²) in [4.78, 5) is 1.72. The van der Waals surface area contributed by atoms with E-state index in [0.717, 1.165) is 19.0 Å². The van der Waals surface area contributed by atoms with Crippen molar-refractivity contribution in [3.8, 4) is 0 Å². The Balaban J connectivity index is 1.66. The van der Waals surface area contributed by atoms with Crippen LogP contribution in [0.15, 0.2) is 18.2 Å². The van der Waals surface area contributed by atoms with E-state index >= 15 is 0 Å². The zero-order valence-electron chi connectivity index (χ0n) is 13.5. The van der Waals surface area contributed by atoms with E-state index in [4.69, 9.17) is 12.2 Å². The molecule has 0 aliphatic carbocycles. The first-order chi connectivity index (χ1) is 10.6. The molecule has 1 aliphatic rings. The second-order valence-corrected chi connectivity index (χ2v) is 6.66. The second-order valence-electron chi connectivity index (χ2n) is 6.25. The highest BCUT2D eigenvalue weighted by molar-refractivity contribution is 7.80. The number of halogens is 1. The molecule has 1 aliphatic heterocycles. The van der Waals surface area contributed by atoms with Crippen LogP contribution in [-0.2, 0) is 0 Å². The SMILES string of the molecule is Cc1ccc(NC(=S)NCCC[NH+]2CCCC[C@H]2C)cc1F. The minimum absolute atomic E-state index is 0.213. The number of hydrogen-bond donors (Lipinski definition) is 3. The van der Waals surface area contributed by atoms with Gasteiger partial charge in [0.2, 0.25) is 0 Å². The zero-order valence-corrected chi connectivity index (χ0v) is 14.4. The molecule has 1 saturated heterocycles. The Hall–Kier alpha value is -1.20. The van der Waals surface area contributed by atoms with Gasteiger partial charge in [-0.25, -0.2) is 4.39 Å². The van der Waals surface area contributed by atoms with Gasteiger partial charge >= 0.3 is 0 Å². The number of quaternary nitrogens is 1. The van der Waals surface area contributed by atoms with Gasteiger partial charge in [-0.2, -0.15) is 0 Å². The average molecular weight is 324 g/mol. The van der Waals surface area contributed by atoms with E-state index < -0.39 is 0 Å². The predicted molar refractivity (Wildman–Crippen MR) is 94.0 cm³/mol. The molecule has 1 aromatic rings. The van der Waals surface area contributed by atoms with Crippen LogP contribution in [-0.4, -0.2) is 30.8 Å². The maximum absolute atomic E-state index is 13.5. The van der Waals surface area contributed by atoms with Gasteiger partial charge in [-0.3, -0.25) is 0 Å².